The number of pyridine rings is 1. The van der Waals surface area contributed by atoms with Gasteiger partial charge in [0.2, 0.25) is 0 Å². The van der Waals surface area contributed by atoms with Gasteiger partial charge in [-0.25, -0.2) is 9.67 Å². The van der Waals surface area contributed by atoms with Crippen molar-refractivity contribution >= 4 is 33.1 Å². The molecule has 0 bridgehead atoms. The summed E-state index contributed by atoms with van der Waals surface area (Å²) in [5.74, 6) is 0.861. The Balaban J connectivity index is 1.53. The maximum Gasteiger partial charge on any atom is 0.150 e. The quantitative estimate of drug-likeness (QED) is 0.478. The molecule has 0 aromatic carbocycles. The number of anilines is 2. The molecule has 3 aromatic rings. The van der Waals surface area contributed by atoms with Crippen LogP contribution in [0.2, 0.25) is 0 Å². The average molecular weight is 456 g/mol. The molecule has 172 valence electrons. The molecule has 1 aliphatic heterocycles. The van der Waals surface area contributed by atoms with E-state index >= 15 is 0 Å². The highest BCUT2D eigenvalue weighted by molar-refractivity contribution is 7.22. The van der Waals surface area contributed by atoms with E-state index in [1.165, 1.54) is 6.42 Å². The van der Waals surface area contributed by atoms with Gasteiger partial charge in [0.05, 0.1) is 32.6 Å². The van der Waals surface area contributed by atoms with Crippen LogP contribution in [0.3, 0.4) is 0 Å². The molecule has 1 saturated heterocycles. The summed E-state index contributed by atoms with van der Waals surface area (Å²) < 4.78 is 9.16. The molecule has 0 spiro atoms. The second-order valence-corrected chi connectivity index (χ2v) is 11.1. The van der Waals surface area contributed by atoms with Crippen LogP contribution in [0.1, 0.15) is 65.5 Å². The van der Waals surface area contributed by atoms with E-state index in [1.807, 2.05) is 10.9 Å². The highest BCUT2D eigenvalue weighted by atomic mass is 32.1. The molecule has 5 rings (SSSR count). The van der Waals surface area contributed by atoms with Gasteiger partial charge < -0.3 is 20.5 Å². The van der Waals surface area contributed by atoms with Gasteiger partial charge in [0, 0.05) is 30.5 Å². The second kappa shape index (κ2) is 8.65. The van der Waals surface area contributed by atoms with E-state index < -0.39 is 0 Å². The molecule has 8 heteroatoms. The fraction of sp³-hybridized carbons (Fsp3) is 0.583. The predicted octanol–water partition coefficient (Wildman–Crippen LogP) is 5.39. The molecule has 0 amide bonds. The largest absolute Gasteiger partial charge is 0.393 e. The molecule has 1 saturated carbocycles. The standard InChI is InChI=1S/C24H33N5O2S/c1-24(2,3)28-21-14-18(26-15-7-8-16(30)12-15)23-17(27-21)13-20(32-23)19-9-10-25-29(19)22-6-4-5-11-31-22/h9-10,13-16,22,30H,4-8,11-12H2,1-3H3,(H2,26,27,28)/t15-,16+,22?/m1/s1. The molecule has 1 aliphatic carbocycles. The Kier molecular flexibility index (Phi) is 5.86. The van der Waals surface area contributed by atoms with Crippen molar-refractivity contribution in [2.24, 2.45) is 0 Å². The summed E-state index contributed by atoms with van der Waals surface area (Å²) in [6.07, 6.45) is 7.56. The maximum absolute atomic E-state index is 10.00. The van der Waals surface area contributed by atoms with Crippen LogP contribution in [0.5, 0.6) is 0 Å². The van der Waals surface area contributed by atoms with Crippen molar-refractivity contribution in [2.45, 2.75) is 83.2 Å². The smallest absolute Gasteiger partial charge is 0.150 e. The second-order valence-electron chi connectivity index (χ2n) is 10.0. The predicted molar refractivity (Wildman–Crippen MR) is 130 cm³/mol. The normalized spacial score (nSPS) is 24.2. The fourth-order valence-electron chi connectivity index (χ4n) is 4.67. The third-order valence-corrected chi connectivity index (χ3v) is 7.28. The first-order valence-corrected chi connectivity index (χ1v) is 12.5. The van der Waals surface area contributed by atoms with Crippen LogP contribution in [0, 0.1) is 0 Å². The van der Waals surface area contributed by atoms with E-state index in [0.717, 1.165) is 71.0 Å². The Hall–Kier alpha value is -2.16. The van der Waals surface area contributed by atoms with Gasteiger partial charge in [0.25, 0.3) is 0 Å². The number of ether oxygens (including phenoxy) is 1. The minimum absolute atomic E-state index is 0.00242. The van der Waals surface area contributed by atoms with Crippen LogP contribution in [0.25, 0.3) is 20.8 Å². The highest BCUT2D eigenvalue weighted by Gasteiger charge is 2.25. The summed E-state index contributed by atoms with van der Waals surface area (Å²) in [6.45, 7) is 7.21. The van der Waals surface area contributed by atoms with Gasteiger partial charge in [-0.15, -0.1) is 11.3 Å². The Morgan fingerprint density at radius 2 is 2.06 bits per heavy atom. The van der Waals surface area contributed by atoms with Crippen LogP contribution in [0.4, 0.5) is 11.5 Å². The number of aromatic nitrogens is 3. The van der Waals surface area contributed by atoms with Crippen molar-refractivity contribution < 1.29 is 9.84 Å². The first-order chi connectivity index (χ1) is 15.4. The van der Waals surface area contributed by atoms with Crippen LogP contribution >= 0.6 is 11.3 Å². The van der Waals surface area contributed by atoms with E-state index in [9.17, 15) is 5.11 Å². The van der Waals surface area contributed by atoms with Crippen molar-refractivity contribution in [3.8, 4) is 10.6 Å². The molecular weight excluding hydrogens is 422 g/mol. The lowest BCUT2D eigenvalue weighted by Gasteiger charge is -2.24. The summed E-state index contributed by atoms with van der Waals surface area (Å²) in [6, 6.07) is 6.63. The minimum atomic E-state index is -0.208. The molecule has 0 radical (unpaired) electrons. The number of rotatable bonds is 5. The van der Waals surface area contributed by atoms with Gasteiger partial charge >= 0.3 is 0 Å². The molecular formula is C24H33N5O2S. The summed E-state index contributed by atoms with van der Waals surface area (Å²) in [5, 5.41) is 21.8. The average Bonchev–Trinajstić information content (AvgIpc) is 3.46. The number of aliphatic hydroxyl groups excluding tert-OH is 1. The van der Waals surface area contributed by atoms with E-state index in [1.54, 1.807) is 11.3 Å². The van der Waals surface area contributed by atoms with Crippen LogP contribution in [-0.4, -0.2) is 44.2 Å². The number of aliphatic hydroxyl groups is 1. The summed E-state index contributed by atoms with van der Waals surface area (Å²) in [4.78, 5) is 6.07. The summed E-state index contributed by atoms with van der Waals surface area (Å²) in [7, 11) is 0. The van der Waals surface area contributed by atoms with E-state index in [-0.39, 0.29) is 23.9 Å². The summed E-state index contributed by atoms with van der Waals surface area (Å²) >= 11 is 1.74. The Bertz CT molecular complexity index is 1080. The summed E-state index contributed by atoms with van der Waals surface area (Å²) in [5.41, 5.74) is 3.04. The van der Waals surface area contributed by atoms with Crippen LogP contribution in [-0.2, 0) is 4.74 Å². The molecule has 2 fully saturated rings. The lowest BCUT2D eigenvalue weighted by Crippen LogP contribution is -2.26. The van der Waals surface area contributed by atoms with Crippen LogP contribution in [0.15, 0.2) is 24.4 Å². The SMILES string of the molecule is CC(C)(C)Nc1cc(N[C@@H]2CC[C@H](O)C2)c2sc(-c3ccnn3C3CCCCO3)cc2n1. The fourth-order valence-corrected chi connectivity index (χ4v) is 5.76. The zero-order valence-corrected chi connectivity index (χ0v) is 19.9. The minimum Gasteiger partial charge on any atom is -0.393 e. The molecule has 3 atom stereocenters. The van der Waals surface area contributed by atoms with E-state index in [0.29, 0.717) is 0 Å². The zero-order chi connectivity index (χ0) is 22.3. The van der Waals surface area contributed by atoms with Crippen molar-refractivity contribution in [2.75, 3.05) is 17.2 Å². The number of nitrogens with one attached hydrogen (secondary N) is 2. The van der Waals surface area contributed by atoms with E-state index in [4.69, 9.17) is 9.72 Å². The van der Waals surface area contributed by atoms with Gasteiger partial charge in [-0.2, -0.15) is 5.10 Å². The Morgan fingerprint density at radius 3 is 2.78 bits per heavy atom. The monoisotopic (exact) mass is 455 g/mol. The molecule has 4 heterocycles. The molecule has 3 N–H and O–H groups in total. The number of thiophene rings is 1. The van der Waals surface area contributed by atoms with Crippen molar-refractivity contribution in [1.29, 1.82) is 0 Å². The Morgan fingerprint density at radius 1 is 1.19 bits per heavy atom. The lowest BCUT2D eigenvalue weighted by atomic mass is 10.1. The number of fused-ring (bicyclic) bond motifs is 1. The topological polar surface area (TPSA) is 84.2 Å². The zero-order valence-electron chi connectivity index (χ0n) is 19.1. The first kappa shape index (κ1) is 21.7. The van der Waals surface area contributed by atoms with Crippen LogP contribution < -0.4 is 10.6 Å². The van der Waals surface area contributed by atoms with Gasteiger partial charge in [-0.1, -0.05) is 0 Å². The maximum atomic E-state index is 10.00. The number of hydrogen-bond donors (Lipinski definition) is 3. The van der Waals surface area contributed by atoms with Gasteiger partial charge in [-0.3, -0.25) is 0 Å². The van der Waals surface area contributed by atoms with Gasteiger partial charge in [0.1, 0.15) is 5.82 Å². The number of nitrogens with zero attached hydrogens (tertiary/aromatic N) is 3. The third kappa shape index (κ3) is 4.63. The molecule has 32 heavy (non-hydrogen) atoms. The Labute approximate surface area is 193 Å². The third-order valence-electron chi connectivity index (χ3n) is 6.10. The van der Waals surface area contributed by atoms with Crippen molar-refractivity contribution in [3.05, 3.63) is 24.4 Å². The first-order valence-electron chi connectivity index (χ1n) is 11.7. The highest BCUT2D eigenvalue weighted by Crippen LogP contribution is 2.40. The van der Waals surface area contributed by atoms with Gasteiger partial charge in [0.15, 0.2) is 6.23 Å². The van der Waals surface area contributed by atoms with Gasteiger partial charge in [-0.05, 0) is 71.4 Å². The number of hydrogen-bond acceptors (Lipinski definition) is 7. The molecule has 3 aromatic heterocycles. The van der Waals surface area contributed by atoms with Crippen molar-refractivity contribution in [3.63, 3.8) is 0 Å². The molecule has 7 nitrogen and oxygen atoms in total. The van der Waals surface area contributed by atoms with E-state index in [2.05, 4.69) is 54.7 Å². The van der Waals surface area contributed by atoms with Crippen molar-refractivity contribution in [1.82, 2.24) is 14.8 Å². The lowest BCUT2D eigenvalue weighted by molar-refractivity contribution is -0.0383. The molecule has 2 aliphatic rings. The molecule has 1 unspecified atom stereocenters.